The number of aromatic nitrogens is 5. The summed E-state index contributed by atoms with van der Waals surface area (Å²) in [5.74, 6) is 1.84. The predicted molar refractivity (Wildman–Crippen MR) is 238 cm³/mol. The number of benzene rings is 7. The summed E-state index contributed by atoms with van der Waals surface area (Å²) in [6.07, 6.45) is 1.97. The van der Waals surface area contributed by atoms with Crippen molar-refractivity contribution in [2.45, 2.75) is 27.7 Å². The van der Waals surface area contributed by atoms with E-state index in [2.05, 4.69) is 193 Å². The molecule has 0 aliphatic rings. The van der Waals surface area contributed by atoms with Crippen molar-refractivity contribution in [2.75, 3.05) is 0 Å². The van der Waals surface area contributed by atoms with Gasteiger partial charge in [0.1, 0.15) is 11.6 Å². The van der Waals surface area contributed by atoms with Gasteiger partial charge in [0.05, 0.1) is 27.6 Å². The highest BCUT2D eigenvalue weighted by Gasteiger charge is 2.22. The van der Waals surface area contributed by atoms with Crippen molar-refractivity contribution in [3.05, 3.63) is 180 Å². The van der Waals surface area contributed by atoms with Gasteiger partial charge in [0, 0.05) is 55.6 Å². The van der Waals surface area contributed by atoms with Gasteiger partial charge in [-0.1, -0.05) is 109 Å². The number of nitrogens with zero attached hydrogens (tertiary/aromatic N) is 4. The summed E-state index contributed by atoms with van der Waals surface area (Å²) < 4.78 is 4.67. The molecule has 5 heteroatoms. The predicted octanol–water partition coefficient (Wildman–Crippen LogP) is 13.4. The highest BCUT2D eigenvalue weighted by Crippen LogP contribution is 2.41. The maximum Gasteiger partial charge on any atom is 0.147 e. The molecule has 0 radical (unpaired) electrons. The van der Waals surface area contributed by atoms with E-state index < -0.39 is 0 Å². The number of hydrogen-bond acceptors (Lipinski definition) is 2. The third kappa shape index (κ3) is 5.02. The van der Waals surface area contributed by atoms with Crippen LogP contribution >= 0.6 is 0 Å². The molecule has 0 atom stereocenters. The summed E-state index contributed by atoms with van der Waals surface area (Å²) in [6.45, 7) is 8.81. The molecule has 0 amide bonds. The molecule has 11 aromatic rings. The van der Waals surface area contributed by atoms with Crippen LogP contribution in [0.25, 0.3) is 99.8 Å². The zero-order chi connectivity index (χ0) is 38.4. The average Bonchev–Trinajstić information content (AvgIpc) is 3.91. The molecular weight excluding hydrogens is 695 g/mol. The van der Waals surface area contributed by atoms with Crippen LogP contribution in [-0.2, 0) is 0 Å². The zero-order valence-corrected chi connectivity index (χ0v) is 32.3. The summed E-state index contributed by atoms with van der Waals surface area (Å²) in [5.41, 5.74) is 18.2. The maximum absolute atomic E-state index is 5.57. The molecule has 0 fully saturated rings. The summed E-state index contributed by atoms with van der Waals surface area (Å²) in [7, 11) is 0. The molecule has 4 aromatic heterocycles. The van der Waals surface area contributed by atoms with Gasteiger partial charge < -0.3 is 4.98 Å². The molecule has 0 aliphatic heterocycles. The fourth-order valence-electron chi connectivity index (χ4n) is 9.40. The Hall–Kier alpha value is -7.24. The number of aromatic amines is 1. The highest BCUT2D eigenvalue weighted by molar-refractivity contribution is 6.13. The van der Waals surface area contributed by atoms with E-state index in [-0.39, 0.29) is 0 Å². The Bertz CT molecular complexity index is 3370. The summed E-state index contributed by atoms with van der Waals surface area (Å²) in [5, 5.41) is 4.79. The first-order chi connectivity index (χ1) is 27.9. The van der Waals surface area contributed by atoms with E-state index in [0.29, 0.717) is 0 Å². The second-order valence-corrected chi connectivity index (χ2v) is 15.3. The van der Waals surface area contributed by atoms with E-state index in [1.54, 1.807) is 0 Å². The van der Waals surface area contributed by atoms with Gasteiger partial charge in [0.25, 0.3) is 0 Å². The third-order valence-corrected chi connectivity index (χ3v) is 11.8. The SMILES string of the molecule is Cc1cc(C)c(-c2ccnc(-n3c4ccccc4c4ccc(-c5cccc6c5nc(-c5cccc7c5[nH]c5ccccc57)n6-c5ccccc5)cc43)c2C)c(C)c1. The second-order valence-electron chi connectivity index (χ2n) is 15.3. The molecular formula is C52H39N5. The summed E-state index contributed by atoms with van der Waals surface area (Å²) >= 11 is 0. The lowest BCUT2D eigenvalue weighted by Crippen LogP contribution is -2.03. The Morgan fingerprint density at radius 3 is 2.04 bits per heavy atom. The fourth-order valence-corrected chi connectivity index (χ4v) is 9.40. The van der Waals surface area contributed by atoms with Crippen LogP contribution in [0, 0.1) is 27.7 Å². The minimum atomic E-state index is 0.898. The molecule has 0 aliphatic carbocycles. The van der Waals surface area contributed by atoms with Gasteiger partial charge in [-0.25, -0.2) is 9.97 Å². The fraction of sp³-hybridized carbons (Fsp3) is 0.0769. The van der Waals surface area contributed by atoms with Gasteiger partial charge in [-0.3, -0.25) is 9.13 Å². The molecule has 4 heterocycles. The number of fused-ring (bicyclic) bond motifs is 7. The van der Waals surface area contributed by atoms with Crippen LogP contribution in [0.5, 0.6) is 0 Å². The standard InChI is InChI=1S/C52H39N5/c1-31-28-32(2)48(33(3)29-31)37-26-27-53-51(34(37)4)57-45-22-11-9-17-40(45)41-25-24-35(30-47(41)57)38-18-13-23-46-50(38)55-52(56(46)36-14-6-5-7-15-36)43-20-12-19-42-39-16-8-10-21-44(39)54-49(42)43/h5-30,54H,1-4H3. The third-order valence-electron chi connectivity index (χ3n) is 11.8. The first-order valence-electron chi connectivity index (χ1n) is 19.6. The molecule has 0 saturated heterocycles. The zero-order valence-electron chi connectivity index (χ0n) is 32.3. The molecule has 1 N–H and O–H groups in total. The molecule has 0 saturated carbocycles. The van der Waals surface area contributed by atoms with Crippen molar-refractivity contribution in [3.8, 4) is 45.1 Å². The van der Waals surface area contributed by atoms with Crippen molar-refractivity contribution in [1.82, 2.24) is 24.1 Å². The van der Waals surface area contributed by atoms with Gasteiger partial charge in [0.2, 0.25) is 0 Å². The lowest BCUT2D eigenvalue weighted by molar-refractivity contribution is 1.05. The van der Waals surface area contributed by atoms with E-state index >= 15 is 0 Å². The van der Waals surface area contributed by atoms with Crippen LogP contribution in [0.2, 0.25) is 0 Å². The molecule has 0 unspecified atom stereocenters. The maximum atomic E-state index is 5.57. The van der Waals surface area contributed by atoms with Crippen LogP contribution in [0.3, 0.4) is 0 Å². The lowest BCUT2D eigenvalue weighted by atomic mass is 9.92. The van der Waals surface area contributed by atoms with Gasteiger partial charge in [-0.2, -0.15) is 0 Å². The normalized spacial score (nSPS) is 11.9. The quantitative estimate of drug-likeness (QED) is 0.191. The lowest BCUT2D eigenvalue weighted by Gasteiger charge is -2.17. The molecule has 7 aromatic carbocycles. The highest BCUT2D eigenvalue weighted by atomic mass is 15.1. The monoisotopic (exact) mass is 733 g/mol. The summed E-state index contributed by atoms with van der Waals surface area (Å²) in [6, 6.07) is 54.4. The average molecular weight is 734 g/mol. The van der Waals surface area contributed by atoms with Crippen molar-refractivity contribution in [3.63, 3.8) is 0 Å². The Morgan fingerprint density at radius 2 is 1.19 bits per heavy atom. The van der Waals surface area contributed by atoms with Crippen molar-refractivity contribution >= 4 is 54.6 Å². The van der Waals surface area contributed by atoms with Crippen LogP contribution in [0.4, 0.5) is 0 Å². The van der Waals surface area contributed by atoms with E-state index in [1.807, 2.05) is 6.20 Å². The molecule has 272 valence electrons. The number of H-pyrrole nitrogens is 1. The minimum Gasteiger partial charge on any atom is -0.354 e. The number of hydrogen-bond donors (Lipinski definition) is 1. The number of imidazole rings is 1. The van der Waals surface area contributed by atoms with Gasteiger partial charge in [0.15, 0.2) is 0 Å². The number of pyridine rings is 1. The van der Waals surface area contributed by atoms with Gasteiger partial charge in [-0.05, 0) is 104 Å². The minimum absolute atomic E-state index is 0.898. The number of aryl methyl sites for hydroxylation is 3. The Labute approximate surface area is 330 Å². The van der Waals surface area contributed by atoms with Crippen molar-refractivity contribution in [2.24, 2.45) is 0 Å². The van der Waals surface area contributed by atoms with Gasteiger partial charge in [-0.15, -0.1) is 0 Å². The van der Waals surface area contributed by atoms with Crippen LogP contribution in [0.1, 0.15) is 22.3 Å². The second kappa shape index (κ2) is 12.7. The smallest absolute Gasteiger partial charge is 0.147 e. The van der Waals surface area contributed by atoms with Gasteiger partial charge >= 0.3 is 0 Å². The molecule has 0 bridgehead atoms. The summed E-state index contributed by atoms with van der Waals surface area (Å²) in [4.78, 5) is 14.4. The van der Waals surface area contributed by atoms with Crippen molar-refractivity contribution in [1.29, 1.82) is 0 Å². The first kappa shape index (κ1) is 33.1. The molecule has 11 rings (SSSR count). The van der Waals surface area contributed by atoms with Crippen molar-refractivity contribution < 1.29 is 0 Å². The van der Waals surface area contributed by atoms with Crippen LogP contribution in [0.15, 0.2) is 158 Å². The number of para-hydroxylation sites is 5. The Morgan fingerprint density at radius 1 is 0.509 bits per heavy atom. The molecule has 5 nitrogen and oxygen atoms in total. The molecule has 57 heavy (non-hydrogen) atoms. The largest absolute Gasteiger partial charge is 0.354 e. The number of nitrogens with one attached hydrogen (secondary N) is 1. The number of rotatable bonds is 5. The Kier molecular flexibility index (Phi) is 7.35. The topological polar surface area (TPSA) is 51.4 Å². The van der Waals surface area contributed by atoms with Crippen LogP contribution < -0.4 is 0 Å². The van der Waals surface area contributed by atoms with E-state index in [9.17, 15) is 0 Å². The van der Waals surface area contributed by atoms with E-state index in [4.69, 9.17) is 9.97 Å². The molecule has 0 spiro atoms. The van der Waals surface area contributed by atoms with Crippen LogP contribution in [-0.4, -0.2) is 24.1 Å². The Balaban J connectivity index is 1.16. The first-order valence-corrected chi connectivity index (χ1v) is 19.6. The van der Waals surface area contributed by atoms with E-state index in [0.717, 1.165) is 72.7 Å². The van der Waals surface area contributed by atoms with E-state index in [1.165, 1.54) is 49.4 Å².